The van der Waals surface area contributed by atoms with E-state index in [-0.39, 0.29) is 37.2 Å². The molecule has 1 aromatic carbocycles. The highest BCUT2D eigenvalue weighted by atomic mass is 16.7. The normalized spacial score (nSPS) is 29.6. The van der Waals surface area contributed by atoms with E-state index in [0.717, 1.165) is 23.3 Å². The summed E-state index contributed by atoms with van der Waals surface area (Å²) in [6, 6.07) is 4.93. The molecular weight excluding hydrogens is 394 g/mol. The minimum atomic E-state index is -0.514. The molecule has 3 atom stereocenters. The van der Waals surface area contributed by atoms with Crippen molar-refractivity contribution >= 4 is 11.8 Å². The van der Waals surface area contributed by atoms with Gasteiger partial charge in [-0.15, -0.1) is 0 Å². The quantitative estimate of drug-likeness (QED) is 0.710. The van der Waals surface area contributed by atoms with Gasteiger partial charge in [0.15, 0.2) is 11.5 Å². The highest BCUT2D eigenvalue weighted by molar-refractivity contribution is 5.96. The van der Waals surface area contributed by atoms with Gasteiger partial charge in [-0.1, -0.05) is 36.4 Å². The fourth-order valence-corrected chi connectivity index (χ4v) is 5.21. The van der Waals surface area contributed by atoms with E-state index in [2.05, 4.69) is 35.7 Å². The lowest BCUT2D eigenvalue weighted by Gasteiger charge is -2.46. The Hall–Kier alpha value is -3.48. The summed E-state index contributed by atoms with van der Waals surface area (Å²) in [7, 11) is 1.70. The number of hydrogen-bond donors (Lipinski definition) is 1. The Balaban J connectivity index is 1.52. The summed E-state index contributed by atoms with van der Waals surface area (Å²) in [5.41, 5.74) is 4.20. The number of carbonyl (C=O) groups excluding carboxylic acids is 2. The first-order valence-corrected chi connectivity index (χ1v) is 10.6. The molecule has 1 unspecified atom stereocenters. The molecule has 4 aliphatic heterocycles. The number of carbonyl (C=O) groups is 2. The van der Waals surface area contributed by atoms with Crippen molar-refractivity contribution in [2.75, 3.05) is 20.4 Å². The van der Waals surface area contributed by atoms with Gasteiger partial charge in [0.05, 0.1) is 18.6 Å². The molecule has 2 amide bonds. The summed E-state index contributed by atoms with van der Waals surface area (Å²) < 4.78 is 11.1. The lowest BCUT2D eigenvalue weighted by atomic mass is 9.84. The van der Waals surface area contributed by atoms with Crippen LogP contribution < -0.4 is 14.8 Å². The molecule has 0 spiro atoms. The van der Waals surface area contributed by atoms with Gasteiger partial charge in [0.25, 0.3) is 0 Å². The Morgan fingerprint density at radius 2 is 2.00 bits per heavy atom. The number of nitrogens with zero attached hydrogens (tertiary/aromatic N) is 2. The molecule has 1 saturated heterocycles. The van der Waals surface area contributed by atoms with Crippen LogP contribution in [0.15, 0.2) is 65.4 Å². The van der Waals surface area contributed by atoms with Gasteiger partial charge in [-0.2, -0.15) is 0 Å². The fraction of sp³-hybridized carbons (Fsp3) is 0.333. The third-order valence-electron chi connectivity index (χ3n) is 6.65. The number of likely N-dealkylation sites (N-methyl/N-ethyl adjacent to an activating group) is 1. The third kappa shape index (κ3) is 2.72. The Morgan fingerprint density at radius 3 is 2.90 bits per heavy atom. The number of nitrogens with one attached hydrogen (secondary N) is 1. The number of benzene rings is 1. The molecule has 0 radical (unpaired) electrons. The molecule has 1 aliphatic carbocycles. The second kappa shape index (κ2) is 6.77. The maximum absolute atomic E-state index is 13.2. The van der Waals surface area contributed by atoms with E-state index in [9.17, 15) is 9.59 Å². The maximum atomic E-state index is 13.2. The van der Waals surface area contributed by atoms with E-state index < -0.39 is 6.04 Å². The zero-order chi connectivity index (χ0) is 21.1. The minimum absolute atomic E-state index is 0.0159. The third-order valence-corrected chi connectivity index (χ3v) is 6.65. The number of fused-ring (bicyclic) bond motifs is 4. The van der Waals surface area contributed by atoms with Gasteiger partial charge in [0.2, 0.25) is 18.6 Å². The van der Waals surface area contributed by atoms with Crippen molar-refractivity contribution in [1.82, 2.24) is 15.1 Å². The van der Waals surface area contributed by atoms with Crippen molar-refractivity contribution in [3.63, 3.8) is 0 Å². The van der Waals surface area contributed by atoms with Crippen molar-refractivity contribution < 1.29 is 19.1 Å². The van der Waals surface area contributed by atoms with Crippen LogP contribution in [0.5, 0.6) is 11.5 Å². The fourth-order valence-electron chi connectivity index (χ4n) is 5.21. The highest BCUT2D eigenvalue weighted by Crippen LogP contribution is 2.47. The standard InChI is InChI=1S/C24H23N3O4/c1-26-12-21(28)27-18(24(26)29)11-16-15-6-4-2-3-5-7-17(15)25-22(16)23(27)14-8-9-19-20(10-14)31-13-30-19/h2,4-10,17-18,23,25H,3,11-13H2,1H3/b4-2-,7-5?,15-6?/t17?,18-,23-/m1/s1. The van der Waals surface area contributed by atoms with E-state index in [4.69, 9.17) is 9.47 Å². The summed E-state index contributed by atoms with van der Waals surface area (Å²) in [4.78, 5) is 29.6. The molecule has 0 bridgehead atoms. The highest BCUT2D eigenvalue weighted by Gasteiger charge is 2.50. The Bertz CT molecular complexity index is 1120. The van der Waals surface area contributed by atoms with E-state index in [1.54, 1.807) is 11.9 Å². The average molecular weight is 417 g/mol. The van der Waals surface area contributed by atoms with Gasteiger partial charge < -0.3 is 24.6 Å². The van der Waals surface area contributed by atoms with Crippen LogP contribution in [0.1, 0.15) is 24.4 Å². The molecule has 7 nitrogen and oxygen atoms in total. The Kier molecular flexibility index (Phi) is 4.00. The number of rotatable bonds is 1. The number of amides is 2. The lowest BCUT2D eigenvalue weighted by Crippen LogP contribution is -2.61. The van der Waals surface area contributed by atoms with Crippen LogP contribution >= 0.6 is 0 Å². The molecule has 5 aliphatic rings. The molecule has 158 valence electrons. The first kappa shape index (κ1) is 18.3. The summed E-state index contributed by atoms with van der Waals surface area (Å²) in [5.74, 6) is 1.30. The van der Waals surface area contributed by atoms with E-state index in [1.165, 1.54) is 10.5 Å². The van der Waals surface area contributed by atoms with Crippen molar-refractivity contribution in [1.29, 1.82) is 0 Å². The van der Waals surface area contributed by atoms with Gasteiger partial charge in [0.1, 0.15) is 6.04 Å². The summed E-state index contributed by atoms with van der Waals surface area (Å²) in [6.07, 6.45) is 12.0. The SMILES string of the molecule is CN1CC(=O)N2[C@H](CC3=C(NC4C=CC/C=C\C=C34)[C@H]2c2ccc3c(c2)OCO3)C1=O. The van der Waals surface area contributed by atoms with Gasteiger partial charge in [-0.25, -0.2) is 0 Å². The monoisotopic (exact) mass is 417 g/mol. The van der Waals surface area contributed by atoms with Crippen LogP contribution in [0.2, 0.25) is 0 Å². The average Bonchev–Trinajstić information content (AvgIpc) is 3.34. The molecule has 1 aromatic rings. The van der Waals surface area contributed by atoms with Crippen molar-refractivity contribution in [3.05, 3.63) is 71.0 Å². The van der Waals surface area contributed by atoms with Gasteiger partial charge in [-0.05, 0) is 35.3 Å². The first-order chi connectivity index (χ1) is 15.1. The molecule has 31 heavy (non-hydrogen) atoms. The molecule has 1 fully saturated rings. The second-order valence-electron chi connectivity index (χ2n) is 8.46. The van der Waals surface area contributed by atoms with E-state index in [1.807, 2.05) is 18.2 Å². The zero-order valence-electron chi connectivity index (χ0n) is 17.2. The van der Waals surface area contributed by atoms with E-state index >= 15 is 0 Å². The second-order valence-corrected chi connectivity index (χ2v) is 8.46. The van der Waals surface area contributed by atoms with Crippen LogP contribution in [-0.4, -0.2) is 54.1 Å². The van der Waals surface area contributed by atoms with Crippen LogP contribution in [0.25, 0.3) is 0 Å². The summed E-state index contributed by atoms with van der Waals surface area (Å²) in [6.45, 7) is 0.282. The molecule has 0 saturated carbocycles. The minimum Gasteiger partial charge on any atom is -0.454 e. The Labute approximate surface area is 180 Å². The van der Waals surface area contributed by atoms with E-state index in [0.29, 0.717) is 17.9 Å². The van der Waals surface area contributed by atoms with Crippen molar-refractivity contribution in [2.24, 2.45) is 0 Å². The lowest BCUT2D eigenvalue weighted by molar-refractivity contribution is -0.157. The number of hydrogen-bond acceptors (Lipinski definition) is 5. The van der Waals surface area contributed by atoms with Crippen molar-refractivity contribution in [3.8, 4) is 11.5 Å². The summed E-state index contributed by atoms with van der Waals surface area (Å²) in [5, 5.41) is 3.66. The topological polar surface area (TPSA) is 71.1 Å². The molecule has 4 heterocycles. The molecule has 0 aromatic heterocycles. The number of ether oxygens (including phenoxy) is 2. The Morgan fingerprint density at radius 1 is 1.13 bits per heavy atom. The van der Waals surface area contributed by atoms with Crippen LogP contribution in [-0.2, 0) is 9.59 Å². The first-order valence-electron chi connectivity index (χ1n) is 10.6. The predicted molar refractivity (Wildman–Crippen MR) is 113 cm³/mol. The van der Waals surface area contributed by atoms with Crippen LogP contribution in [0, 0.1) is 0 Å². The van der Waals surface area contributed by atoms with Crippen molar-refractivity contribution in [2.45, 2.75) is 31.0 Å². The number of piperazine rings is 1. The molecule has 7 heteroatoms. The molecule has 1 N–H and O–H groups in total. The zero-order valence-corrected chi connectivity index (χ0v) is 17.2. The van der Waals surface area contributed by atoms with Gasteiger partial charge in [-0.3, -0.25) is 9.59 Å². The van der Waals surface area contributed by atoms with Gasteiger partial charge >= 0.3 is 0 Å². The largest absolute Gasteiger partial charge is 0.454 e. The molecule has 6 rings (SSSR count). The smallest absolute Gasteiger partial charge is 0.245 e. The van der Waals surface area contributed by atoms with Crippen LogP contribution in [0.3, 0.4) is 0 Å². The van der Waals surface area contributed by atoms with Crippen LogP contribution in [0.4, 0.5) is 0 Å². The summed E-state index contributed by atoms with van der Waals surface area (Å²) >= 11 is 0. The predicted octanol–water partition coefficient (Wildman–Crippen LogP) is 2.20. The molecular formula is C24H23N3O4. The van der Waals surface area contributed by atoms with Gasteiger partial charge in [0, 0.05) is 19.2 Å². The maximum Gasteiger partial charge on any atom is 0.245 e. The number of allylic oxidation sites excluding steroid dienone is 4.